The summed E-state index contributed by atoms with van der Waals surface area (Å²) in [6, 6.07) is 0. The van der Waals surface area contributed by atoms with Gasteiger partial charge in [0, 0.05) is 11.8 Å². The highest BCUT2D eigenvalue weighted by Crippen LogP contribution is 2.58. The van der Waals surface area contributed by atoms with Crippen molar-refractivity contribution in [3.05, 3.63) is 0 Å². The van der Waals surface area contributed by atoms with Gasteiger partial charge < -0.3 is 9.53 Å². The Labute approximate surface area is 109 Å². The first-order valence-electron chi connectivity index (χ1n) is 6.94. The van der Waals surface area contributed by atoms with Crippen LogP contribution in [0.25, 0.3) is 0 Å². The summed E-state index contributed by atoms with van der Waals surface area (Å²) in [5, 5.41) is 0. The molecule has 0 aromatic carbocycles. The zero-order chi connectivity index (χ0) is 13.6. The number of hydrogen-bond donors (Lipinski definition) is 0. The number of Topliss-reactive ketones (excluding diaryl/α,β-unsaturated/α-hetero) is 1. The van der Waals surface area contributed by atoms with Crippen LogP contribution in [0.3, 0.4) is 0 Å². The molecule has 1 saturated heterocycles. The molecule has 3 nitrogen and oxygen atoms in total. The molecule has 0 unspecified atom stereocenters. The van der Waals surface area contributed by atoms with Gasteiger partial charge >= 0.3 is 5.97 Å². The standard InChI is InChI=1S/C15H24O3/c1-10(16)5-6-11-14(2,3)8-7-12-15(11,4)9-13(17)18-12/h11-12H,5-9H2,1-4H3/t11-,12-,15-/m0/s1. The highest BCUT2D eigenvalue weighted by molar-refractivity contribution is 5.75. The van der Waals surface area contributed by atoms with Crippen LogP contribution in [0.4, 0.5) is 0 Å². The van der Waals surface area contributed by atoms with Crippen LogP contribution in [0.2, 0.25) is 0 Å². The molecule has 3 heteroatoms. The van der Waals surface area contributed by atoms with Crippen LogP contribution in [0, 0.1) is 16.7 Å². The molecule has 2 fully saturated rings. The van der Waals surface area contributed by atoms with Crippen molar-refractivity contribution in [3.63, 3.8) is 0 Å². The van der Waals surface area contributed by atoms with Gasteiger partial charge in [-0.3, -0.25) is 4.79 Å². The number of rotatable bonds is 3. The van der Waals surface area contributed by atoms with Crippen LogP contribution in [0.5, 0.6) is 0 Å². The molecular weight excluding hydrogens is 228 g/mol. The number of carbonyl (C=O) groups excluding carboxylic acids is 2. The molecule has 0 aromatic rings. The van der Waals surface area contributed by atoms with E-state index in [0.717, 1.165) is 19.3 Å². The van der Waals surface area contributed by atoms with E-state index in [-0.39, 0.29) is 28.7 Å². The van der Waals surface area contributed by atoms with E-state index in [9.17, 15) is 9.59 Å². The van der Waals surface area contributed by atoms with Crippen molar-refractivity contribution in [1.82, 2.24) is 0 Å². The molecular formula is C15H24O3. The molecule has 0 N–H and O–H groups in total. The monoisotopic (exact) mass is 252 g/mol. The minimum Gasteiger partial charge on any atom is -0.462 e. The highest BCUT2D eigenvalue weighted by atomic mass is 16.6. The summed E-state index contributed by atoms with van der Waals surface area (Å²) in [7, 11) is 0. The predicted molar refractivity (Wildman–Crippen MR) is 69.0 cm³/mol. The molecule has 2 aliphatic rings. The summed E-state index contributed by atoms with van der Waals surface area (Å²) in [6.07, 6.45) is 4.12. The molecule has 3 atom stereocenters. The Morgan fingerprint density at radius 2 is 2.06 bits per heavy atom. The van der Waals surface area contributed by atoms with Crippen molar-refractivity contribution in [2.45, 2.75) is 65.9 Å². The van der Waals surface area contributed by atoms with Crippen molar-refractivity contribution in [2.75, 3.05) is 0 Å². The maximum Gasteiger partial charge on any atom is 0.306 e. The fourth-order valence-corrected chi connectivity index (χ4v) is 4.13. The number of esters is 1. The van der Waals surface area contributed by atoms with Gasteiger partial charge in [-0.05, 0) is 37.5 Å². The SMILES string of the molecule is CC(=O)CC[C@H]1C(C)(C)CC[C@@H]2OC(=O)C[C@]21C. The van der Waals surface area contributed by atoms with Gasteiger partial charge in [-0.25, -0.2) is 0 Å². The van der Waals surface area contributed by atoms with Crippen molar-refractivity contribution in [1.29, 1.82) is 0 Å². The van der Waals surface area contributed by atoms with E-state index in [1.165, 1.54) is 0 Å². The van der Waals surface area contributed by atoms with E-state index in [1.807, 2.05) is 0 Å². The second-order valence-electron chi connectivity index (χ2n) is 6.98. The first-order valence-corrected chi connectivity index (χ1v) is 6.94. The van der Waals surface area contributed by atoms with Gasteiger partial charge in [-0.15, -0.1) is 0 Å². The minimum absolute atomic E-state index is 0.0620. The molecule has 0 spiro atoms. The molecule has 0 bridgehead atoms. The van der Waals surface area contributed by atoms with Gasteiger partial charge in [0.05, 0.1) is 6.42 Å². The summed E-state index contributed by atoms with van der Waals surface area (Å²) in [5.41, 5.74) is 0.114. The number of ketones is 1. The predicted octanol–water partition coefficient (Wildman–Crippen LogP) is 3.11. The largest absolute Gasteiger partial charge is 0.462 e. The third-order valence-electron chi connectivity index (χ3n) is 5.11. The van der Waals surface area contributed by atoms with E-state index in [1.54, 1.807) is 6.92 Å². The molecule has 0 amide bonds. The Hall–Kier alpha value is -0.860. The Kier molecular flexibility index (Phi) is 3.28. The fourth-order valence-electron chi connectivity index (χ4n) is 4.13. The van der Waals surface area contributed by atoms with Crippen molar-refractivity contribution < 1.29 is 14.3 Å². The smallest absolute Gasteiger partial charge is 0.306 e. The van der Waals surface area contributed by atoms with E-state index >= 15 is 0 Å². The summed E-state index contributed by atoms with van der Waals surface area (Å²) < 4.78 is 5.47. The van der Waals surface area contributed by atoms with E-state index < -0.39 is 0 Å². The zero-order valence-corrected chi connectivity index (χ0v) is 11.9. The summed E-state index contributed by atoms with van der Waals surface area (Å²) in [4.78, 5) is 22.9. The number of fused-ring (bicyclic) bond motifs is 1. The second-order valence-corrected chi connectivity index (χ2v) is 6.98. The molecule has 1 aliphatic heterocycles. The Morgan fingerprint density at radius 1 is 1.39 bits per heavy atom. The highest BCUT2D eigenvalue weighted by Gasteiger charge is 2.57. The van der Waals surface area contributed by atoms with Crippen LogP contribution >= 0.6 is 0 Å². The average molecular weight is 252 g/mol. The van der Waals surface area contributed by atoms with Crippen LogP contribution in [0.1, 0.15) is 59.8 Å². The fraction of sp³-hybridized carbons (Fsp3) is 0.867. The van der Waals surface area contributed by atoms with Gasteiger partial charge in [0.15, 0.2) is 0 Å². The third-order valence-corrected chi connectivity index (χ3v) is 5.11. The Balaban J connectivity index is 2.23. The lowest BCUT2D eigenvalue weighted by Gasteiger charge is -2.50. The summed E-state index contributed by atoms with van der Waals surface area (Å²) in [6.45, 7) is 8.35. The Bertz CT molecular complexity index is 372. The molecule has 0 aromatic heterocycles. The normalized spacial score (nSPS) is 38.1. The van der Waals surface area contributed by atoms with E-state index in [4.69, 9.17) is 4.74 Å². The number of carbonyl (C=O) groups is 2. The molecule has 102 valence electrons. The van der Waals surface area contributed by atoms with Gasteiger partial charge in [0.2, 0.25) is 0 Å². The molecule has 18 heavy (non-hydrogen) atoms. The van der Waals surface area contributed by atoms with E-state index in [0.29, 0.717) is 18.8 Å². The lowest BCUT2D eigenvalue weighted by molar-refractivity contribution is -0.144. The molecule has 1 aliphatic carbocycles. The van der Waals surface area contributed by atoms with Crippen molar-refractivity contribution in [3.8, 4) is 0 Å². The van der Waals surface area contributed by atoms with Gasteiger partial charge in [-0.1, -0.05) is 20.8 Å². The first-order chi connectivity index (χ1) is 8.25. The second kappa shape index (κ2) is 4.36. The molecule has 1 heterocycles. The maximum absolute atomic E-state index is 11.6. The number of ether oxygens (including phenoxy) is 1. The van der Waals surface area contributed by atoms with Crippen molar-refractivity contribution in [2.24, 2.45) is 16.7 Å². The van der Waals surface area contributed by atoms with Crippen molar-refractivity contribution >= 4 is 11.8 Å². The van der Waals surface area contributed by atoms with Crippen LogP contribution in [-0.4, -0.2) is 17.9 Å². The van der Waals surface area contributed by atoms with E-state index in [2.05, 4.69) is 20.8 Å². The molecule has 1 saturated carbocycles. The lowest BCUT2D eigenvalue weighted by Crippen LogP contribution is -2.48. The Morgan fingerprint density at radius 3 is 2.67 bits per heavy atom. The van der Waals surface area contributed by atoms with Gasteiger partial charge in [-0.2, -0.15) is 0 Å². The van der Waals surface area contributed by atoms with Crippen LogP contribution < -0.4 is 0 Å². The minimum atomic E-state index is -0.0751. The quantitative estimate of drug-likeness (QED) is 0.725. The lowest BCUT2D eigenvalue weighted by atomic mass is 9.53. The topological polar surface area (TPSA) is 43.4 Å². The van der Waals surface area contributed by atoms with Crippen LogP contribution in [-0.2, 0) is 14.3 Å². The average Bonchev–Trinajstić information content (AvgIpc) is 2.50. The summed E-state index contributed by atoms with van der Waals surface area (Å²) >= 11 is 0. The van der Waals surface area contributed by atoms with Gasteiger partial charge in [0.1, 0.15) is 11.9 Å². The molecule has 0 radical (unpaired) electrons. The number of hydrogen-bond acceptors (Lipinski definition) is 3. The van der Waals surface area contributed by atoms with Gasteiger partial charge in [0.25, 0.3) is 0 Å². The zero-order valence-electron chi connectivity index (χ0n) is 11.9. The third kappa shape index (κ3) is 2.19. The molecule has 2 rings (SSSR count). The maximum atomic E-state index is 11.6. The van der Waals surface area contributed by atoms with Crippen LogP contribution in [0.15, 0.2) is 0 Å². The summed E-state index contributed by atoms with van der Waals surface area (Å²) in [5.74, 6) is 0.564. The first kappa shape index (κ1) is 13.6.